The number of nitrogens with zero attached hydrogens (tertiary/aromatic N) is 1. The predicted octanol–water partition coefficient (Wildman–Crippen LogP) is 3.23. The molecular formula is C17H23ClFNO3S. The molecule has 0 saturated carbocycles. The number of hydrogen-bond acceptors (Lipinski definition) is 3. The van der Waals surface area contributed by atoms with Gasteiger partial charge in [-0.2, -0.15) is 0 Å². The molecule has 1 atom stereocenters. The number of sulfone groups is 1. The fourth-order valence-corrected chi connectivity index (χ4v) is 4.81. The van der Waals surface area contributed by atoms with Gasteiger partial charge in [-0.15, -0.1) is 0 Å². The highest BCUT2D eigenvalue weighted by Gasteiger charge is 2.41. The Balaban J connectivity index is 1.94. The van der Waals surface area contributed by atoms with Gasteiger partial charge in [0.25, 0.3) is 0 Å². The third-order valence-corrected chi connectivity index (χ3v) is 7.66. The summed E-state index contributed by atoms with van der Waals surface area (Å²) in [6.45, 7) is 5.77. The highest BCUT2D eigenvalue weighted by molar-refractivity contribution is 7.93. The van der Waals surface area contributed by atoms with E-state index in [9.17, 15) is 17.6 Å². The molecule has 0 unspecified atom stereocenters. The van der Waals surface area contributed by atoms with Gasteiger partial charge >= 0.3 is 0 Å². The maximum Gasteiger partial charge on any atom is 0.222 e. The largest absolute Gasteiger partial charge is 0.341 e. The maximum atomic E-state index is 13.1. The number of benzene rings is 1. The van der Waals surface area contributed by atoms with Crippen molar-refractivity contribution in [3.8, 4) is 0 Å². The standard InChI is InChI=1S/C17H23ClFNO3S/c1-17(2,3)24(22,23)13-8-9-20(11-13)16(21)7-5-12-4-6-15(19)14(18)10-12/h4,6,10,13H,5,7-9,11H2,1-3H3/t13-/m0/s1. The Morgan fingerprint density at radius 2 is 2.04 bits per heavy atom. The molecule has 1 aliphatic rings. The van der Waals surface area contributed by atoms with Crippen LogP contribution in [0.2, 0.25) is 5.02 Å². The van der Waals surface area contributed by atoms with E-state index < -0.39 is 25.7 Å². The minimum atomic E-state index is -3.27. The van der Waals surface area contributed by atoms with Crippen LogP contribution in [-0.2, 0) is 21.1 Å². The van der Waals surface area contributed by atoms with Crippen LogP contribution in [0.15, 0.2) is 18.2 Å². The number of rotatable bonds is 4. The highest BCUT2D eigenvalue weighted by Crippen LogP contribution is 2.27. The Bertz CT molecular complexity index is 728. The molecule has 0 N–H and O–H groups in total. The lowest BCUT2D eigenvalue weighted by Crippen LogP contribution is -2.39. The van der Waals surface area contributed by atoms with Crippen LogP contribution in [0.1, 0.15) is 39.2 Å². The molecule has 134 valence electrons. The van der Waals surface area contributed by atoms with Gasteiger partial charge in [0.05, 0.1) is 15.0 Å². The zero-order chi connectivity index (χ0) is 18.1. The first-order valence-electron chi connectivity index (χ1n) is 7.97. The van der Waals surface area contributed by atoms with Crippen molar-refractivity contribution in [2.75, 3.05) is 13.1 Å². The molecule has 4 nitrogen and oxygen atoms in total. The molecule has 1 saturated heterocycles. The Morgan fingerprint density at radius 3 is 2.62 bits per heavy atom. The third kappa shape index (κ3) is 4.09. The predicted molar refractivity (Wildman–Crippen MR) is 93.4 cm³/mol. The van der Waals surface area contributed by atoms with Gasteiger partial charge in [-0.1, -0.05) is 17.7 Å². The molecule has 1 amide bonds. The summed E-state index contributed by atoms with van der Waals surface area (Å²) in [5.74, 6) is -0.566. The lowest BCUT2D eigenvalue weighted by molar-refractivity contribution is -0.130. The first-order chi connectivity index (χ1) is 11.0. The van der Waals surface area contributed by atoms with E-state index in [0.717, 1.165) is 5.56 Å². The SMILES string of the molecule is CC(C)(C)S(=O)(=O)[C@H]1CCN(C(=O)CCc2ccc(F)c(Cl)c2)C1. The highest BCUT2D eigenvalue weighted by atomic mass is 35.5. The third-order valence-electron chi connectivity index (χ3n) is 4.40. The first-order valence-corrected chi connectivity index (χ1v) is 9.90. The average molecular weight is 376 g/mol. The molecule has 1 aromatic rings. The fourth-order valence-electron chi connectivity index (χ4n) is 2.81. The molecule has 1 aromatic carbocycles. The summed E-state index contributed by atoms with van der Waals surface area (Å²) in [6.07, 6.45) is 1.18. The van der Waals surface area contributed by atoms with Gasteiger partial charge in [0.1, 0.15) is 5.82 Å². The van der Waals surface area contributed by atoms with Gasteiger partial charge in [0, 0.05) is 19.5 Å². The van der Waals surface area contributed by atoms with Gasteiger partial charge < -0.3 is 4.90 Å². The van der Waals surface area contributed by atoms with Crippen molar-refractivity contribution in [2.24, 2.45) is 0 Å². The van der Waals surface area contributed by atoms with Crippen molar-refractivity contribution >= 4 is 27.3 Å². The van der Waals surface area contributed by atoms with Crippen LogP contribution >= 0.6 is 11.6 Å². The quantitative estimate of drug-likeness (QED) is 0.811. The lowest BCUT2D eigenvalue weighted by atomic mass is 10.1. The number of carbonyl (C=O) groups is 1. The van der Waals surface area contributed by atoms with Crippen LogP contribution < -0.4 is 0 Å². The Labute approximate surface area is 147 Å². The number of likely N-dealkylation sites (tertiary alicyclic amines) is 1. The molecule has 1 aliphatic heterocycles. The van der Waals surface area contributed by atoms with Crippen molar-refractivity contribution in [2.45, 2.75) is 50.0 Å². The summed E-state index contributed by atoms with van der Waals surface area (Å²) in [5, 5.41) is -0.459. The van der Waals surface area contributed by atoms with Crippen LogP contribution in [-0.4, -0.2) is 42.3 Å². The van der Waals surface area contributed by atoms with Crippen LogP contribution in [0, 0.1) is 5.82 Å². The maximum absolute atomic E-state index is 13.1. The molecule has 0 aromatic heterocycles. The second-order valence-corrected chi connectivity index (χ2v) is 10.5. The summed E-state index contributed by atoms with van der Waals surface area (Å²) in [6, 6.07) is 4.40. The van der Waals surface area contributed by atoms with E-state index in [-0.39, 0.29) is 23.9 Å². The van der Waals surface area contributed by atoms with Gasteiger partial charge in [-0.25, -0.2) is 12.8 Å². The van der Waals surface area contributed by atoms with Crippen LogP contribution in [0.25, 0.3) is 0 Å². The minimum Gasteiger partial charge on any atom is -0.341 e. The summed E-state index contributed by atoms with van der Waals surface area (Å²) in [7, 11) is -3.27. The van der Waals surface area contributed by atoms with Gasteiger partial charge in [0.2, 0.25) is 5.91 Å². The summed E-state index contributed by atoms with van der Waals surface area (Å²) in [5.41, 5.74) is 0.785. The molecule has 7 heteroatoms. The number of hydrogen-bond donors (Lipinski definition) is 0. The minimum absolute atomic E-state index is 0.0393. The normalized spacial score (nSPS) is 18.9. The molecule has 0 spiro atoms. The monoisotopic (exact) mass is 375 g/mol. The molecule has 1 fully saturated rings. The zero-order valence-corrected chi connectivity index (χ0v) is 15.8. The summed E-state index contributed by atoms with van der Waals surface area (Å²) in [4.78, 5) is 13.9. The number of halogens is 2. The van der Waals surface area contributed by atoms with E-state index in [0.29, 0.717) is 19.4 Å². The van der Waals surface area contributed by atoms with Crippen molar-refractivity contribution in [1.82, 2.24) is 4.90 Å². The van der Waals surface area contributed by atoms with Crippen LogP contribution in [0.4, 0.5) is 4.39 Å². The summed E-state index contributed by atoms with van der Waals surface area (Å²) >= 11 is 5.73. The van der Waals surface area contributed by atoms with Crippen molar-refractivity contribution in [1.29, 1.82) is 0 Å². The lowest BCUT2D eigenvalue weighted by Gasteiger charge is -2.24. The number of amides is 1. The second-order valence-electron chi connectivity index (χ2n) is 7.16. The van der Waals surface area contributed by atoms with E-state index in [1.165, 1.54) is 12.1 Å². The van der Waals surface area contributed by atoms with E-state index in [1.807, 2.05) is 0 Å². The smallest absolute Gasteiger partial charge is 0.222 e. The Morgan fingerprint density at radius 1 is 1.38 bits per heavy atom. The fraction of sp³-hybridized carbons (Fsp3) is 0.588. The molecule has 24 heavy (non-hydrogen) atoms. The molecule has 2 rings (SSSR count). The van der Waals surface area contributed by atoms with Gasteiger partial charge in [0.15, 0.2) is 9.84 Å². The summed E-state index contributed by atoms with van der Waals surface area (Å²) < 4.78 is 37.3. The van der Waals surface area contributed by atoms with Crippen LogP contribution in [0.5, 0.6) is 0 Å². The van der Waals surface area contributed by atoms with E-state index in [1.54, 1.807) is 31.7 Å². The molecule has 1 heterocycles. The van der Waals surface area contributed by atoms with Crippen molar-refractivity contribution in [3.05, 3.63) is 34.6 Å². The molecule has 0 bridgehead atoms. The molecule has 0 radical (unpaired) electrons. The van der Waals surface area contributed by atoms with E-state index in [2.05, 4.69) is 0 Å². The molecular weight excluding hydrogens is 353 g/mol. The first kappa shape index (κ1) is 19.2. The molecule has 0 aliphatic carbocycles. The van der Waals surface area contributed by atoms with Crippen LogP contribution in [0.3, 0.4) is 0 Å². The second kappa shape index (κ2) is 7.00. The van der Waals surface area contributed by atoms with E-state index in [4.69, 9.17) is 11.6 Å². The van der Waals surface area contributed by atoms with Crippen molar-refractivity contribution in [3.63, 3.8) is 0 Å². The van der Waals surface area contributed by atoms with Gasteiger partial charge in [-0.05, 0) is 51.3 Å². The van der Waals surface area contributed by atoms with Crippen molar-refractivity contribution < 1.29 is 17.6 Å². The topological polar surface area (TPSA) is 54.5 Å². The zero-order valence-electron chi connectivity index (χ0n) is 14.2. The Kier molecular flexibility index (Phi) is 5.60. The van der Waals surface area contributed by atoms with Gasteiger partial charge in [-0.3, -0.25) is 4.79 Å². The Hall–Kier alpha value is -1.14. The average Bonchev–Trinajstić information content (AvgIpc) is 2.97. The number of carbonyl (C=O) groups excluding carboxylic acids is 1. The van der Waals surface area contributed by atoms with E-state index >= 15 is 0 Å². The number of aryl methyl sites for hydroxylation is 1.